The highest BCUT2D eigenvalue weighted by Crippen LogP contribution is 2.45. The first kappa shape index (κ1) is 95.1. The molecule has 0 heterocycles. The Bertz CT molecular complexity index is 1910. The maximum atomic E-state index is 13.1. The van der Waals surface area contributed by atoms with Crippen molar-refractivity contribution in [3.8, 4) is 0 Å². The van der Waals surface area contributed by atoms with Crippen molar-refractivity contribution in [2.45, 2.75) is 414 Å². The van der Waals surface area contributed by atoms with E-state index in [0.717, 1.165) is 120 Å². The number of carbonyl (C=O) groups is 4. The van der Waals surface area contributed by atoms with Crippen molar-refractivity contribution in [2.75, 3.05) is 39.6 Å². The summed E-state index contributed by atoms with van der Waals surface area (Å²) in [4.78, 5) is 72.9. The van der Waals surface area contributed by atoms with Crippen molar-refractivity contribution in [1.82, 2.24) is 0 Å². The molecule has 0 bridgehead atoms. The molecule has 0 saturated heterocycles. The van der Waals surface area contributed by atoms with Gasteiger partial charge in [0.15, 0.2) is 12.2 Å². The van der Waals surface area contributed by atoms with E-state index in [4.69, 9.17) is 37.0 Å². The maximum absolute atomic E-state index is 13.1. The van der Waals surface area contributed by atoms with Gasteiger partial charge in [0, 0.05) is 25.7 Å². The molecular formula is C78H152O17P2. The Balaban J connectivity index is 5.22. The maximum Gasteiger partial charge on any atom is 0.472 e. The molecule has 17 nitrogen and oxygen atoms in total. The molecule has 576 valence electrons. The molecule has 19 heteroatoms. The highest BCUT2D eigenvalue weighted by atomic mass is 31.2. The molecule has 0 aromatic heterocycles. The van der Waals surface area contributed by atoms with Gasteiger partial charge in [0.2, 0.25) is 0 Å². The zero-order valence-corrected chi connectivity index (χ0v) is 65.5. The third kappa shape index (κ3) is 69.5. The van der Waals surface area contributed by atoms with Gasteiger partial charge in [-0.1, -0.05) is 344 Å². The average Bonchev–Trinajstić information content (AvgIpc) is 1.25. The first-order valence-corrected chi connectivity index (χ1v) is 43.3. The summed E-state index contributed by atoms with van der Waals surface area (Å²) in [6.45, 7) is 14.2. The van der Waals surface area contributed by atoms with Crippen molar-refractivity contribution >= 4 is 39.5 Å². The summed E-state index contributed by atoms with van der Waals surface area (Å²) in [7, 11) is -9.92. The minimum Gasteiger partial charge on any atom is -0.462 e. The molecular weight excluding hydrogens is 1270 g/mol. The second kappa shape index (κ2) is 67.2. The fraction of sp³-hybridized carbons (Fsp3) is 0.949. The molecule has 0 aliphatic carbocycles. The van der Waals surface area contributed by atoms with Gasteiger partial charge in [0.1, 0.15) is 19.3 Å². The predicted octanol–water partition coefficient (Wildman–Crippen LogP) is 22.8. The smallest absolute Gasteiger partial charge is 0.462 e. The number of hydrogen-bond acceptors (Lipinski definition) is 15. The Morgan fingerprint density at radius 1 is 0.289 bits per heavy atom. The van der Waals surface area contributed by atoms with Crippen molar-refractivity contribution in [3.63, 3.8) is 0 Å². The number of hydrogen-bond donors (Lipinski definition) is 3. The molecule has 7 atom stereocenters. The Kier molecular flexibility index (Phi) is 65.9. The minimum absolute atomic E-state index is 0.105. The van der Waals surface area contributed by atoms with Gasteiger partial charge in [-0.2, -0.15) is 0 Å². The number of phosphoric acid groups is 2. The van der Waals surface area contributed by atoms with Crippen LogP contribution in [0.1, 0.15) is 396 Å². The molecule has 0 saturated carbocycles. The lowest BCUT2D eigenvalue weighted by molar-refractivity contribution is -0.161. The lowest BCUT2D eigenvalue weighted by Gasteiger charge is -2.21. The quantitative estimate of drug-likeness (QED) is 0.0222. The van der Waals surface area contributed by atoms with Crippen LogP contribution in [0.4, 0.5) is 0 Å². The van der Waals surface area contributed by atoms with E-state index in [-0.39, 0.29) is 25.7 Å². The zero-order chi connectivity index (χ0) is 71.7. The molecule has 97 heavy (non-hydrogen) atoms. The molecule has 0 radical (unpaired) electrons. The van der Waals surface area contributed by atoms with Gasteiger partial charge < -0.3 is 33.8 Å². The molecule has 0 aromatic carbocycles. The summed E-state index contributed by atoms with van der Waals surface area (Å²) in [5, 5.41) is 10.6. The van der Waals surface area contributed by atoms with E-state index in [1.165, 1.54) is 193 Å². The number of aliphatic hydroxyl groups excluding tert-OH is 1. The number of esters is 4. The van der Waals surface area contributed by atoms with Gasteiger partial charge in [-0.25, -0.2) is 9.13 Å². The molecule has 0 fully saturated rings. The van der Waals surface area contributed by atoms with E-state index in [2.05, 4.69) is 55.4 Å². The zero-order valence-electron chi connectivity index (χ0n) is 63.7. The van der Waals surface area contributed by atoms with Crippen LogP contribution in [-0.4, -0.2) is 96.7 Å². The third-order valence-electron chi connectivity index (χ3n) is 18.8. The standard InChI is InChI=1S/C78H152O17P2/c1-9-70(7)56-48-40-32-26-20-16-12-14-18-22-28-34-44-52-60-77(82)95-74(65-89-76(81)59-51-43-37-36-41-49-57-71(8)10-2)67-93-97(86,87)91-63-72(79)62-90-96(84,85)92-66-73(94-78(83)61-53-45-35-29-23-25-31-39-47-55-69(5)6)64-88-75(80)58-50-42-33-27-21-17-13-11-15-19-24-30-38-46-54-68(3)4/h68-74,79H,9-67H2,1-8H3,(H,84,85)(H,86,87)/t70?,71?,72-,73-,74-/m1/s1. The fourth-order valence-electron chi connectivity index (χ4n) is 11.8. The van der Waals surface area contributed by atoms with Crippen LogP contribution in [0.2, 0.25) is 0 Å². The van der Waals surface area contributed by atoms with Crippen molar-refractivity contribution in [3.05, 3.63) is 0 Å². The van der Waals surface area contributed by atoms with Crippen LogP contribution in [0.3, 0.4) is 0 Å². The number of phosphoric ester groups is 2. The highest BCUT2D eigenvalue weighted by molar-refractivity contribution is 7.47. The SMILES string of the molecule is CCC(C)CCCCCCCCCCCCCCCCC(=O)O[C@H](COC(=O)CCCCCCCCC(C)CC)COP(=O)(O)OC[C@H](O)COP(=O)(O)OC[C@@H](COC(=O)CCCCCCCCCCCCCCCCC(C)C)OC(=O)CCCCCCCCCCCC(C)C. The molecule has 4 unspecified atom stereocenters. The van der Waals surface area contributed by atoms with E-state index in [1.807, 2.05) is 0 Å². The van der Waals surface area contributed by atoms with Crippen molar-refractivity contribution in [1.29, 1.82) is 0 Å². The summed E-state index contributed by atoms with van der Waals surface area (Å²) >= 11 is 0. The van der Waals surface area contributed by atoms with Crippen LogP contribution >= 0.6 is 15.6 Å². The largest absolute Gasteiger partial charge is 0.472 e. The molecule has 0 aliphatic rings. The summed E-state index contributed by atoms with van der Waals surface area (Å²) in [6, 6.07) is 0. The number of rotatable bonds is 75. The number of ether oxygens (including phenoxy) is 4. The normalized spacial score (nSPS) is 14.6. The second-order valence-electron chi connectivity index (χ2n) is 29.5. The lowest BCUT2D eigenvalue weighted by atomic mass is 9.99. The van der Waals surface area contributed by atoms with E-state index >= 15 is 0 Å². The highest BCUT2D eigenvalue weighted by Gasteiger charge is 2.30. The Labute approximate surface area is 594 Å². The van der Waals surface area contributed by atoms with Crippen LogP contribution in [-0.2, 0) is 65.4 Å². The van der Waals surface area contributed by atoms with Crippen LogP contribution in [0.5, 0.6) is 0 Å². The molecule has 3 N–H and O–H groups in total. The van der Waals surface area contributed by atoms with Crippen LogP contribution in [0.25, 0.3) is 0 Å². The average molecular weight is 1420 g/mol. The molecule has 0 aromatic rings. The number of carbonyl (C=O) groups excluding carboxylic acids is 4. The Morgan fingerprint density at radius 3 is 0.732 bits per heavy atom. The molecule has 0 spiro atoms. The minimum atomic E-state index is -4.96. The summed E-state index contributed by atoms with van der Waals surface area (Å²) in [6.07, 6.45) is 52.7. The molecule has 0 aliphatic heterocycles. The third-order valence-corrected chi connectivity index (χ3v) is 20.7. The number of unbranched alkanes of at least 4 members (excludes halogenated alkanes) is 39. The van der Waals surface area contributed by atoms with E-state index < -0.39 is 97.5 Å². The summed E-state index contributed by atoms with van der Waals surface area (Å²) < 4.78 is 68.6. The van der Waals surface area contributed by atoms with Gasteiger partial charge in [-0.15, -0.1) is 0 Å². The fourth-order valence-corrected chi connectivity index (χ4v) is 13.4. The Hall–Kier alpha value is -1.94. The molecule has 0 amide bonds. The van der Waals surface area contributed by atoms with E-state index in [0.29, 0.717) is 25.7 Å². The van der Waals surface area contributed by atoms with Gasteiger partial charge in [0.05, 0.1) is 26.4 Å². The van der Waals surface area contributed by atoms with Gasteiger partial charge >= 0.3 is 39.5 Å². The van der Waals surface area contributed by atoms with E-state index in [1.54, 1.807) is 0 Å². The first-order chi connectivity index (χ1) is 46.7. The summed E-state index contributed by atoms with van der Waals surface area (Å²) in [5.41, 5.74) is 0. The van der Waals surface area contributed by atoms with Gasteiger partial charge in [0.25, 0.3) is 0 Å². The Morgan fingerprint density at radius 2 is 0.495 bits per heavy atom. The first-order valence-electron chi connectivity index (χ1n) is 40.3. The van der Waals surface area contributed by atoms with E-state index in [9.17, 15) is 43.2 Å². The van der Waals surface area contributed by atoms with Crippen molar-refractivity contribution in [2.24, 2.45) is 23.7 Å². The van der Waals surface area contributed by atoms with Crippen LogP contribution in [0.15, 0.2) is 0 Å². The van der Waals surface area contributed by atoms with Gasteiger partial charge in [-0.3, -0.25) is 37.3 Å². The van der Waals surface area contributed by atoms with Gasteiger partial charge in [-0.05, 0) is 49.4 Å². The molecule has 0 rings (SSSR count). The van der Waals surface area contributed by atoms with Crippen molar-refractivity contribution < 1.29 is 80.2 Å². The lowest BCUT2D eigenvalue weighted by Crippen LogP contribution is -2.30. The topological polar surface area (TPSA) is 237 Å². The summed E-state index contributed by atoms with van der Waals surface area (Å²) in [5.74, 6) is 0.993. The second-order valence-corrected chi connectivity index (χ2v) is 32.4. The monoisotopic (exact) mass is 1420 g/mol. The van der Waals surface area contributed by atoms with Crippen LogP contribution < -0.4 is 0 Å². The van der Waals surface area contributed by atoms with Crippen LogP contribution in [0, 0.1) is 23.7 Å². The predicted molar refractivity (Wildman–Crippen MR) is 395 cm³/mol. The number of aliphatic hydroxyl groups is 1.